The lowest BCUT2D eigenvalue weighted by Crippen LogP contribution is -2.37. The summed E-state index contributed by atoms with van der Waals surface area (Å²) in [6.45, 7) is 14.7. The molecular weight excluding hydrogens is 190 g/mol. The highest BCUT2D eigenvalue weighted by molar-refractivity contribution is 5.68. The molecule has 0 N–H and O–H groups in total. The zero-order valence-corrected chi connectivity index (χ0v) is 10.6. The standard InChI is InChI=1S/C12H23NO2/c1-7-13(9-8-10(2)3)11(14)15-12(4,5)6/h2,7-9H2,1,3-6H3. The van der Waals surface area contributed by atoms with Gasteiger partial charge in [0.25, 0.3) is 0 Å². The second kappa shape index (κ2) is 5.79. The SMILES string of the molecule is C=C(C)CCN(CC)C(=O)OC(C)(C)C. The molecule has 0 aromatic carbocycles. The zero-order chi connectivity index (χ0) is 12.1. The van der Waals surface area contributed by atoms with Crippen LogP contribution in [-0.4, -0.2) is 29.7 Å². The highest BCUT2D eigenvalue weighted by atomic mass is 16.6. The second-order valence-electron chi connectivity index (χ2n) is 4.77. The summed E-state index contributed by atoms with van der Waals surface area (Å²) in [6.07, 6.45) is 0.582. The van der Waals surface area contributed by atoms with Crippen molar-refractivity contribution in [3.05, 3.63) is 12.2 Å². The van der Waals surface area contributed by atoms with Gasteiger partial charge in [-0.2, -0.15) is 0 Å². The molecular formula is C12H23NO2. The number of carbonyl (C=O) groups excluding carboxylic acids is 1. The Bertz CT molecular complexity index is 228. The summed E-state index contributed by atoms with van der Waals surface area (Å²) in [7, 11) is 0. The van der Waals surface area contributed by atoms with E-state index < -0.39 is 5.60 Å². The van der Waals surface area contributed by atoms with Gasteiger partial charge in [0.1, 0.15) is 5.60 Å². The second-order valence-corrected chi connectivity index (χ2v) is 4.77. The molecule has 15 heavy (non-hydrogen) atoms. The van der Waals surface area contributed by atoms with Crippen LogP contribution in [0, 0.1) is 0 Å². The monoisotopic (exact) mass is 213 g/mol. The first-order valence-corrected chi connectivity index (χ1v) is 5.38. The van der Waals surface area contributed by atoms with Gasteiger partial charge >= 0.3 is 6.09 Å². The van der Waals surface area contributed by atoms with Crippen LogP contribution in [-0.2, 0) is 4.74 Å². The fourth-order valence-corrected chi connectivity index (χ4v) is 1.03. The lowest BCUT2D eigenvalue weighted by atomic mass is 10.2. The van der Waals surface area contributed by atoms with Crippen molar-refractivity contribution in [3.63, 3.8) is 0 Å². The molecule has 0 aromatic heterocycles. The molecule has 0 heterocycles. The van der Waals surface area contributed by atoms with Gasteiger partial charge in [-0.25, -0.2) is 4.79 Å². The van der Waals surface area contributed by atoms with E-state index in [4.69, 9.17) is 4.74 Å². The van der Waals surface area contributed by atoms with Crippen LogP contribution < -0.4 is 0 Å². The van der Waals surface area contributed by atoms with Crippen molar-refractivity contribution in [2.75, 3.05) is 13.1 Å². The van der Waals surface area contributed by atoms with Gasteiger partial charge in [-0.1, -0.05) is 5.57 Å². The van der Waals surface area contributed by atoms with Gasteiger partial charge in [0, 0.05) is 13.1 Å². The maximum atomic E-state index is 11.7. The Labute approximate surface area is 93.1 Å². The lowest BCUT2D eigenvalue weighted by molar-refractivity contribution is 0.0262. The number of hydrogen-bond donors (Lipinski definition) is 0. The van der Waals surface area contributed by atoms with Gasteiger partial charge in [-0.3, -0.25) is 0 Å². The molecule has 3 heteroatoms. The van der Waals surface area contributed by atoms with E-state index in [1.807, 2.05) is 34.6 Å². The summed E-state index contributed by atoms with van der Waals surface area (Å²) in [5.74, 6) is 0. The Morgan fingerprint density at radius 1 is 1.40 bits per heavy atom. The molecule has 0 fully saturated rings. The zero-order valence-electron chi connectivity index (χ0n) is 10.6. The van der Waals surface area contributed by atoms with E-state index in [0.717, 1.165) is 12.0 Å². The minimum atomic E-state index is -0.423. The van der Waals surface area contributed by atoms with Crippen LogP contribution in [0.2, 0.25) is 0 Å². The maximum absolute atomic E-state index is 11.7. The van der Waals surface area contributed by atoms with Crippen molar-refractivity contribution in [3.8, 4) is 0 Å². The van der Waals surface area contributed by atoms with Gasteiger partial charge in [-0.15, -0.1) is 6.58 Å². The summed E-state index contributed by atoms with van der Waals surface area (Å²) in [6, 6.07) is 0. The highest BCUT2D eigenvalue weighted by Gasteiger charge is 2.20. The number of nitrogens with zero attached hydrogens (tertiary/aromatic N) is 1. The van der Waals surface area contributed by atoms with Gasteiger partial charge in [0.05, 0.1) is 0 Å². The average molecular weight is 213 g/mol. The van der Waals surface area contributed by atoms with Crippen LogP contribution in [0.1, 0.15) is 41.0 Å². The van der Waals surface area contributed by atoms with E-state index >= 15 is 0 Å². The number of rotatable bonds is 4. The van der Waals surface area contributed by atoms with E-state index in [9.17, 15) is 4.79 Å². The minimum absolute atomic E-state index is 0.244. The Hall–Kier alpha value is -0.990. The van der Waals surface area contributed by atoms with E-state index in [1.165, 1.54) is 0 Å². The van der Waals surface area contributed by atoms with Gasteiger partial charge in [0.2, 0.25) is 0 Å². The van der Waals surface area contributed by atoms with E-state index in [0.29, 0.717) is 13.1 Å². The largest absolute Gasteiger partial charge is 0.444 e. The normalized spacial score (nSPS) is 11.0. The van der Waals surface area contributed by atoms with Gasteiger partial charge < -0.3 is 9.64 Å². The molecule has 0 aliphatic carbocycles. The summed E-state index contributed by atoms with van der Waals surface area (Å²) >= 11 is 0. The fourth-order valence-electron chi connectivity index (χ4n) is 1.03. The molecule has 0 bridgehead atoms. The predicted octanol–water partition coefficient (Wildman–Crippen LogP) is 3.21. The van der Waals surface area contributed by atoms with Crippen LogP contribution in [0.15, 0.2) is 12.2 Å². The van der Waals surface area contributed by atoms with Crippen LogP contribution in [0.4, 0.5) is 4.79 Å². The highest BCUT2D eigenvalue weighted by Crippen LogP contribution is 2.10. The van der Waals surface area contributed by atoms with Crippen molar-refractivity contribution in [1.82, 2.24) is 4.90 Å². The minimum Gasteiger partial charge on any atom is -0.444 e. The molecule has 88 valence electrons. The first-order valence-electron chi connectivity index (χ1n) is 5.38. The summed E-state index contributed by atoms with van der Waals surface area (Å²) in [5, 5.41) is 0. The van der Waals surface area contributed by atoms with E-state index in [-0.39, 0.29) is 6.09 Å². The Kier molecular flexibility index (Phi) is 5.40. The Morgan fingerprint density at radius 2 is 1.93 bits per heavy atom. The molecule has 0 unspecified atom stereocenters. The van der Waals surface area contributed by atoms with Crippen molar-refractivity contribution in [2.24, 2.45) is 0 Å². The molecule has 0 rings (SSSR count). The molecule has 0 aliphatic heterocycles. The van der Waals surface area contributed by atoms with Crippen LogP contribution in [0.3, 0.4) is 0 Å². The van der Waals surface area contributed by atoms with E-state index in [2.05, 4.69) is 6.58 Å². The molecule has 0 aromatic rings. The molecule has 0 radical (unpaired) electrons. The molecule has 1 amide bonds. The molecule has 0 atom stereocenters. The van der Waals surface area contributed by atoms with Crippen molar-refractivity contribution in [2.45, 2.75) is 46.6 Å². The number of ether oxygens (including phenoxy) is 1. The van der Waals surface area contributed by atoms with Crippen LogP contribution in [0.5, 0.6) is 0 Å². The van der Waals surface area contributed by atoms with Crippen LogP contribution >= 0.6 is 0 Å². The van der Waals surface area contributed by atoms with Crippen molar-refractivity contribution in [1.29, 1.82) is 0 Å². The van der Waals surface area contributed by atoms with Gasteiger partial charge in [-0.05, 0) is 41.0 Å². The summed E-state index contributed by atoms with van der Waals surface area (Å²) < 4.78 is 5.28. The van der Waals surface area contributed by atoms with Crippen LogP contribution in [0.25, 0.3) is 0 Å². The molecule has 0 spiro atoms. The first kappa shape index (κ1) is 14.0. The van der Waals surface area contributed by atoms with E-state index in [1.54, 1.807) is 4.90 Å². The number of carbonyl (C=O) groups is 1. The predicted molar refractivity (Wildman–Crippen MR) is 62.9 cm³/mol. The third-order valence-electron chi connectivity index (χ3n) is 1.84. The first-order chi connectivity index (χ1) is 6.76. The molecule has 0 saturated carbocycles. The lowest BCUT2D eigenvalue weighted by Gasteiger charge is -2.26. The quantitative estimate of drug-likeness (QED) is 0.671. The smallest absolute Gasteiger partial charge is 0.410 e. The number of amides is 1. The van der Waals surface area contributed by atoms with Crippen molar-refractivity contribution < 1.29 is 9.53 Å². The molecule has 0 aliphatic rings. The molecule has 3 nitrogen and oxygen atoms in total. The fraction of sp³-hybridized carbons (Fsp3) is 0.750. The van der Waals surface area contributed by atoms with Crippen molar-refractivity contribution >= 4 is 6.09 Å². The third kappa shape index (κ3) is 7.00. The molecule has 0 saturated heterocycles. The number of hydrogen-bond acceptors (Lipinski definition) is 2. The third-order valence-corrected chi connectivity index (χ3v) is 1.84. The maximum Gasteiger partial charge on any atom is 0.410 e. The average Bonchev–Trinajstić information content (AvgIpc) is 2.01. The Morgan fingerprint density at radius 3 is 2.27 bits per heavy atom. The summed E-state index contributed by atoms with van der Waals surface area (Å²) in [4.78, 5) is 13.4. The summed E-state index contributed by atoms with van der Waals surface area (Å²) in [5.41, 5.74) is 0.658. The Balaban J connectivity index is 4.16. The van der Waals surface area contributed by atoms with Gasteiger partial charge in [0.15, 0.2) is 0 Å². The topological polar surface area (TPSA) is 29.5 Å².